The topological polar surface area (TPSA) is 110 Å². The van der Waals surface area contributed by atoms with E-state index < -0.39 is 0 Å². The number of carbonyl (C=O) groups is 2. The van der Waals surface area contributed by atoms with Crippen molar-refractivity contribution in [3.8, 4) is 0 Å². The highest BCUT2D eigenvalue weighted by Crippen LogP contribution is 2.26. The number of nitrogens with zero attached hydrogens (tertiary/aromatic N) is 2. The number of pyridine rings is 1. The Morgan fingerprint density at radius 1 is 1.08 bits per heavy atom. The number of aromatic nitrogens is 2. The third-order valence-corrected chi connectivity index (χ3v) is 5.51. The van der Waals surface area contributed by atoms with Crippen molar-refractivity contribution in [1.82, 2.24) is 20.6 Å². The number of nitrogens with two attached hydrogens (primary N) is 1. The lowest BCUT2D eigenvalue weighted by Crippen LogP contribution is -2.35. The van der Waals surface area contributed by atoms with Gasteiger partial charge in [0, 0.05) is 12.4 Å². The molecule has 0 unspecified atom stereocenters. The summed E-state index contributed by atoms with van der Waals surface area (Å²) in [6.45, 7) is 0. The molecule has 0 aromatic carbocycles. The van der Waals surface area contributed by atoms with Gasteiger partial charge in [0.1, 0.15) is 4.88 Å². The van der Waals surface area contributed by atoms with Crippen LogP contribution in [0.2, 0.25) is 0 Å². The number of hydrogen-bond acceptors (Lipinski definition) is 6. The first-order valence-corrected chi connectivity index (χ1v) is 9.22. The van der Waals surface area contributed by atoms with Gasteiger partial charge in [-0.1, -0.05) is 11.3 Å². The van der Waals surface area contributed by atoms with Crippen LogP contribution in [0.25, 0.3) is 0 Å². The zero-order valence-corrected chi connectivity index (χ0v) is 14.4. The second kappa shape index (κ2) is 6.44. The Labute approximate surface area is 149 Å². The van der Waals surface area contributed by atoms with Crippen LogP contribution in [-0.4, -0.2) is 33.9 Å². The average molecular weight is 357 g/mol. The van der Waals surface area contributed by atoms with Crippen molar-refractivity contribution in [2.45, 2.75) is 44.2 Å². The molecule has 25 heavy (non-hydrogen) atoms. The molecule has 2 atom stereocenters. The third kappa shape index (κ3) is 3.34. The summed E-state index contributed by atoms with van der Waals surface area (Å²) < 4.78 is 0. The molecule has 2 aliphatic carbocycles. The normalized spacial score (nSPS) is 21.3. The monoisotopic (exact) mass is 357 g/mol. The van der Waals surface area contributed by atoms with E-state index in [1.807, 2.05) is 6.20 Å². The summed E-state index contributed by atoms with van der Waals surface area (Å²) in [5, 5.41) is 6.27. The number of aryl methyl sites for hydroxylation is 1. The molecule has 2 aromatic heterocycles. The van der Waals surface area contributed by atoms with Crippen molar-refractivity contribution in [2.75, 3.05) is 5.73 Å². The van der Waals surface area contributed by atoms with Crippen molar-refractivity contribution in [1.29, 1.82) is 0 Å². The second-order valence-electron chi connectivity index (χ2n) is 6.49. The van der Waals surface area contributed by atoms with Crippen LogP contribution in [0.3, 0.4) is 0 Å². The molecule has 4 rings (SSSR count). The van der Waals surface area contributed by atoms with Crippen LogP contribution in [0.5, 0.6) is 0 Å². The standard InChI is InChI=1S/C17H19N5O2S/c18-17-20-8-14(25-17)16(24)22-13-5-12(13)21-15(23)11-7-19-6-9-3-1-2-4-10(9)11/h6-8,12-13H,1-5H2,(H2,18,20)(H,21,23)(H,22,24)/t12-,13-/m1/s1. The summed E-state index contributed by atoms with van der Waals surface area (Å²) in [6.07, 6.45) is 9.89. The molecule has 0 spiro atoms. The number of hydrogen-bond donors (Lipinski definition) is 3. The molecule has 0 saturated heterocycles. The molecule has 2 aromatic rings. The number of nitrogens with one attached hydrogen (secondary N) is 2. The molecular weight excluding hydrogens is 338 g/mol. The van der Waals surface area contributed by atoms with Gasteiger partial charge in [-0.05, 0) is 43.2 Å². The zero-order chi connectivity index (χ0) is 17.4. The summed E-state index contributed by atoms with van der Waals surface area (Å²) in [7, 11) is 0. The SMILES string of the molecule is Nc1ncc(C(=O)N[C@@H]2C[C@H]2NC(=O)c2cncc3c2CCCC3)s1. The molecule has 2 aliphatic rings. The second-order valence-corrected chi connectivity index (χ2v) is 7.55. The minimum atomic E-state index is -0.199. The molecule has 7 nitrogen and oxygen atoms in total. The number of anilines is 1. The fourth-order valence-electron chi connectivity index (χ4n) is 3.25. The molecule has 1 fully saturated rings. The lowest BCUT2D eigenvalue weighted by atomic mass is 9.90. The first-order chi connectivity index (χ1) is 12.1. The Hall–Kier alpha value is -2.48. The molecule has 130 valence electrons. The van der Waals surface area contributed by atoms with E-state index in [-0.39, 0.29) is 23.9 Å². The lowest BCUT2D eigenvalue weighted by molar-refractivity contribution is 0.0927. The highest BCUT2D eigenvalue weighted by molar-refractivity contribution is 7.17. The van der Waals surface area contributed by atoms with Gasteiger partial charge in [0.2, 0.25) is 0 Å². The summed E-state index contributed by atoms with van der Waals surface area (Å²) in [6, 6.07) is -0.0894. The predicted molar refractivity (Wildman–Crippen MR) is 94.5 cm³/mol. The van der Waals surface area contributed by atoms with E-state index in [9.17, 15) is 9.59 Å². The van der Waals surface area contributed by atoms with E-state index in [4.69, 9.17) is 5.73 Å². The van der Waals surface area contributed by atoms with Crippen molar-refractivity contribution in [3.63, 3.8) is 0 Å². The third-order valence-electron chi connectivity index (χ3n) is 4.69. The van der Waals surface area contributed by atoms with Gasteiger partial charge in [-0.15, -0.1) is 0 Å². The van der Waals surface area contributed by atoms with Gasteiger partial charge in [0.15, 0.2) is 5.13 Å². The summed E-state index contributed by atoms with van der Waals surface area (Å²) >= 11 is 1.15. The van der Waals surface area contributed by atoms with Gasteiger partial charge < -0.3 is 16.4 Å². The Balaban J connectivity index is 1.36. The lowest BCUT2D eigenvalue weighted by Gasteiger charge is -2.18. The van der Waals surface area contributed by atoms with Crippen molar-refractivity contribution < 1.29 is 9.59 Å². The van der Waals surface area contributed by atoms with Crippen LogP contribution < -0.4 is 16.4 Å². The van der Waals surface area contributed by atoms with Gasteiger partial charge >= 0.3 is 0 Å². The summed E-state index contributed by atoms with van der Waals surface area (Å²) in [5.74, 6) is -0.301. The van der Waals surface area contributed by atoms with Crippen LogP contribution >= 0.6 is 11.3 Å². The van der Waals surface area contributed by atoms with Crippen molar-refractivity contribution in [2.24, 2.45) is 0 Å². The number of carbonyl (C=O) groups excluding carboxylic acids is 2. The van der Waals surface area contributed by atoms with E-state index in [1.165, 1.54) is 11.8 Å². The molecule has 2 heterocycles. The van der Waals surface area contributed by atoms with Crippen LogP contribution in [0, 0.1) is 0 Å². The Morgan fingerprint density at radius 3 is 2.60 bits per heavy atom. The Morgan fingerprint density at radius 2 is 1.84 bits per heavy atom. The Bertz CT molecular complexity index is 834. The predicted octanol–water partition coefficient (Wildman–Crippen LogP) is 1.30. The Kier molecular flexibility index (Phi) is 4.12. The number of amides is 2. The largest absolute Gasteiger partial charge is 0.375 e. The average Bonchev–Trinajstić information content (AvgIpc) is 3.17. The van der Waals surface area contributed by atoms with E-state index in [0.29, 0.717) is 15.6 Å². The fraction of sp³-hybridized carbons (Fsp3) is 0.412. The van der Waals surface area contributed by atoms with Crippen LogP contribution in [0.15, 0.2) is 18.6 Å². The zero-order valence-electron chi connectivity index (χ0n) is 13.6. The van der Waals surface area contributed by atoms with E-state index in [0.717, 1.165) is 49.0 Å². The highest BCUT2D eigenvalue weighted by Gasteiger charge is 2.40. The first kappa shape index (κ1) is 16.0. The number of nitrogen functional groups attached to an aromatic ring is 1. The molecular formula is C17H19N5O2S. The van der Waals surface area contributed by atoms with Crippen molar-refractivity contribution in [3.05, 3.63) is 40.2 Å². The highest BCUT2D eigenvalue weighted by atomic mass is 32.1. The fourth-order valence-corrected chi connectivity index (χ4v) is 3.83. The maximum Gasteiger partial charge on any atom is 0.263 e. The van der Waals surface area contributed by atoms with E-state index in [2.05, 4.69) is 20.6 Å². The number of fused-ring (bicyclic) bond motifs is 1. The smallest absolute Gasteiger partial charge is 0.263 e. The molecule has 1 saturated carbocycles. The van der Waals surface area contributed by atoms with Crippen LogP contribution in [0.1, 0.15) is 50.4 Å². The van der Waals surface area contributed by atoms with E-state index in [1.54, 1.807) is 6.20 Å². The minimum Gasteiger partial charge on any atom is -0.375 e. The number of rotatable bonds is 4. The first-order valence-electron chi connectivity index (χ1n) is 8.40. The van der Waals surface area contributed by atoms with Crippen LogP contribution in [0.4, 0.5) is 5.13 Å². The molecule has 0 radical (unpaired) electrons. The van der Waals surface area contributed by atoms with Gasteiger partial charge in [0.25, 0.3) is 11.8 Å². The molecule has 2 amide bonds. The summed E-state index contributed by atoms with van der Waals surface area (Å²) in [4.78, 5) is 33.2. The van der Waals surface area contributed by atoms with E-state index >= 15 is 0 Å². The van der Waals surface area contributed by atoms with Crippen molar-refractivity contribution >= 4 is 28.3 Å². The minimum absolute atomic E-state index is 0.0406. The summed E-state index contributed by atoms with van der Waals surface area (Å²) in [5.41, 5.74) is 8.52. The van der Waals surface area contributed by atoms with Gasteiger partial charge in [-0.25, -0.2) is 4.98 Å². The molecule has 0 aliphatic heterocycles. The quantitative estimate of drug-likeness (QED) is 0.764. The maximum atomic E-state index is 12.6. The molecule has 0 bridgehead atoms. The van der Waals surface area contributed by atoms with Gasteiger partial charge in [-0.2, -0.15) is 0 Å². The van der Waals surface area contributed by atoms with Gasteiger partial charge in [0.05, 0.1) is 23.8 Å². The van der Waals surface area contributed by atoms with Gasteiger partial charge in [-0.3, -0.25) is 14.6 Å². The molecule has 8 heteroatoms. The number of thiazole rings is 1. The molecule has 4 N–H and O–H groups in total. The van der Waals surface area contributed by atoms with Crippen LogP contribution in [-0.2, 0) is 12.8 Å². The maximum absolute atomic E-state index is 12.6.